The van der Waals surface area contributed by atoms with Crippen LogP contribution in [0.4, 0.5) is 0 Å². The SMILES string of the molecule is CC(C)COc1ccc(C(=O)NNC(=S)NC(=O)C=Cc2ccco2)cc1. The second kappa shape index (κ2) is 10.1. The topological polar surface area (TPSA) is 92.6 Å². The van der Waals surface area contributed by atoms with Gasteiger partial charge in [-0.3, -0.25) is 25.8 Å². The summed E-state index contributed by atoms with van der Waals surface area (Å²) in [6.45, 7) is 4.72. The molecule has 0 unspecified atom stereocenters. The third kappa shape index (κ3) is 7.33. The third-order valence-electron chi connectivity index (χ3n) is 3.17. The first-order valence-electron chi connectivity index (χ1n) is 8.30. The smallest absolute Gasteiger partial charge is 0.269 e. The molecule has 0 saturated carbocycles. The van der Waals surface area contributed by atoms with Gasteiger partial charge in [0.1, 0.15) is 11.5 Å². The standard InChI is InChI=1S/C19H21N3O4S/c1-13(2)12-26-16-7-5-14(6-8-16)18(24)21-22-19(27)20-17(23)10-9-15-4-3-11-25-15/h3-11,13H,12H2,1-2H3,(H,21,24)(H2,20,22,23,27). The van der Waals surface area contributed by atoms with Crippen LogP contribution in [-0.2, 0) is 4.79 Å². The molecule has 8 heteroatoms. The first-order valence-corrected chi connectivity index (χ1v) is 8.70. The van der Waals surface area contributed by atoms with E-state index in [1.807, 2.05) is 0 Å². The van der Waals surface area contributed by atoms with Gasteiger partial charge in [-0.15, -0.1) is 0 Å². The molecule has 1 aromatic heterocycles. The lowest BCUT2D eigenvalue weighted by Gasteiger charge is -2.11. The molecule has 1 aromatic carbocycles. The van der Waals surface area contributed by atoms with Gasteiger partial charge in [-0.2, -0.15) is 0 Å². The van der Waals surface area contributed by atoms with Gasteiger partial charge in [0, 0.05) is 11.6 Å². The molecule has 7 nitrogen and oxygen atoms in total. The number of furan rings is 1. The van der Waals surface area contributed by atoms with E-state index in [1.54, 1.807) is 36.4 Å². The number of rotatable bonds is 6. The lowest BCUT2D eigenvalue weighted by Crippen LogP contribution is -2.48. The fraction of sp³-hybridized carbons (Fsp3) is 0.211. The number of amides is 2. The van der Waals surface area contributed by atoms with Crippen molar-refractivity contribution >= 4 is 35.2 Å². The molecule has 2 amide bonds. The summed E-state index contributed by atoms with van der Waals surface area (Å²) in [4.78, 5) is 23.8. The molecule has 0 fully saturated rings. The van der Waals surface area contributed by atoms with E-state index in [2.05, 4.69) is 30.0 Å². The maximum Gasteiger partial charge on any atom is 0.269 e. The van der Waals surface area contributed by atoms with Crippen molar-refractivity contribution in [2.75, 3.05) is 6.61 Å². The Morgan fingerprint density at radius 3 is 2.56 bits per heavy atom. The lowest BCUT2D eigenvalue weighted by atomic mass is 10.2. The minimum absolute atomic E-state index is 0.0330. The number of hydrogen-bond donors (Lipinski definition) is 3. The summed E-state index contributed by atoms with van der Waals surface area (Å²) in [5.74, 6) is 0.803. The minimum Gasteiger partial charge on any atom is -0.493 e. The van der Waals surface area contributed by atoms with Crippen molar-refractivity contribution in [2.45, 2.75) is 13.8 Å². The number of benzene rings is 1. The quantitative estimate of drug-likeness (QED) is 0.401. The zero-order valence-corrected chi connectivity index (χ0v) is 15.8. The van der Waals surface area contributed by atoms with Crippen LogP contribution in [0.1, 0.15) is 30.0 Å². The summed E-state index contributed by atoms with van der Waals surface area (Å²) < 4.78 is 10.6. The Balaban J connectivity index is 1.75. The molecule has 0 radical (unpaired) electrons. The molecule has 142 valence electrons. The van der Waals surface area contributed by atoms with Crippen LogP contribution in [0.5, 0.6) is 5.75 Å². The van der Waals surface area contributed by atoms with Crippen molar-refractivity contribution < 1.29 is 18.7 Å². The number of nitrogens with one attached hydrogen (secondary N) is 3. The van der Waals surface area contributed by atoms with Crippen LogP contribution in [0.2, 0.25) is 0 Å². The molecule has 0 aliphatic rings. The van der Waals surface area contributed by atoms with Gasteiger partial charge in [0.2, 0.25) is 5.91 Å². The Hall–Kier alpha value is -3.13. The molecular weight excluding hydrogens is 366 g/mol. The highest BCUT2D eigenvalue weighted by Gasteiger charge is 2.07. The molecule has 1 heterocycles. The van der Waals surface area contributed by atoms with Gasteiger partial charge in [0.25, 0.3) is 5.91 Å². The molecule has 0 saturated heterocycles. The second-order valence-corrected chi connectivity index (χ2v) is 6.38. The van der Waals surface area contributed by atoms with Crippen LogP contribution in [0.25, 0.3) is 6.08 Å². The van der Waals surface area contributed by atoms with Gasteiger partial charge < -0.3 is 9.15 Å². The Labute approximate surface area is 162 Å². The molecule has 27 heavy (non-hydrogen) atoms. The fourth-order valence-corrected chi connectivity index (χ4v) is 2.03. The Bertz CT molecular complexity index is 799. The summed E-state index contributed by atoms with van der Waals surface area (Å²) in [6.07, 6.45) is 4.27. The molecule has 0 spiro atoms. The zero-order valence-electron chi connectivity index (χ0n) is 15.0. The molecule has 0 aliphatic carbocycles. The average Bonchev–Trinajstić information content (AvgIpc) is 3.17. The van der Waals surface area contributed by atoms with Crippen molar-refractivity contribution in [2.24, 2.45) is 5.92 Å². The van der Waals surface area contributed by atoms with E-state index in [4.69, 9.17) is 21.4 Å². The van der Waals surface area contributed by atoms with Crippen LogP contribution in [0, 0.1) is 5.92 Å². The minimum atomic E-state index is -0.454. The van der Waals surface area contributed by atoms with Gasteiger partial charge >= 0.3 is 0 Å². The molecular formula is C19H21N3O4S. The van der Waals surface area contributed by atoms with Crippen molar-refractivity contribution in [3.63, 3.8) is 0 Å². The van der Waals surface area contributed by atoms with Crippen molar-refractivity contribution in [1.82, 2.24) is 16.2 Å². The normalized spacial score (nSPS) is 10.6. The number of hydrazine groups is 1. The number of ether oxygens (including phenoxy) is 1. The van der Waals surface area contributed by atoms with E-state index >= 15 is 0 Å². The van der Waals surface area contributed by atoms with Crippen molar-refractivity contribution in [3.8, 4) is 5.75 Å². The first kappa shape index (κ1) is 20.2. The second-order valence-electron chi connectivity index (χ2n) is 5.98. The maximum absolute atomic E-state index is 12.1. The summed E-state index contributed by atoms with van der Waals surface area (Å²) >= 11 is 4.96. The number of carbonyl (C=O) groups excluding carboxylic acids is 2. The maximum atomic E-state index is 12.1. The Morgan fingerprint density at radius 1 is 1.19 bits per heavy atom. The van der Waals surface area contributed by atoms with Crippen LogP contribution in [0.3, 0.4) is 0 Å². The zero-order chi connectivity index (χ0) is 19.6. The molecule has 0 atom stereocenters. The van der Waals surface area contributed by atoms with Gasteiger partial charge in [0.15, 0.2) is 5.11 Å². The van der Waals surface area contributed by atoms with Crippen LogP contribution < -0.4 is 20.9 Å². The highest BCUT2D eigenvalue weighted by Crippen LogP contribution is 2.13. The van der Waals surface area contributed by atoms with E-state index in [0.717, 1.165) is 0 Å². The predicted molar refractivity (Wildman–Crippen MR) is 106 cm³/mol. The molecule has 3 N–H and O–H groups in total. The summed E-state index contributed by atoms with van der Waals surface area (Å²) in [7, 11) is 0. The van der Waals surface area contributed by atoms with E-state index in [9.17, 15) is 9.59 Å². The molecule has 0 bridgehead atoms. The van der Waals surface area contributed by atoms with Crippen molar-refractivity contribution in [1.29, 1.82) is 0 Å². The van der Waals surface area contributed by atoms with Crippen LogP contribution in [0.15, 0.2) is 53.2 Å². The van der Waals surface area contributed by atoms with Crippen LogP contribution in [-0.4, -0.2) is 23.5 Å². The highest BCUT2D eigenvalue weighted by molar-refractivity contribution is 7.80. The summed E-state index contributed by atoms with van der Waals surface area (Å²) in [5, 5.41) is 2.37. The van der Waals surface area contributed by atoms with Gasteiger partial charge in [-0.05, 0) is 60.6 Å². The highest BCUT2D eigenvalue weighted by atomic mass is 32.1. The van der Waals surface area contributed by atoms with E-state index in [1.165, 1.54) is 18.4 Å². The van der Waals surface area contributed by atoms with Gasteiger partial charge in [-0.25, -0.2) is 0 Å². The molecule has 2 rings (SSSR count). The average molecular weight is 387 g/mol. The molecule has 2 aromatic rings. The monoisotopic (exact) mass is 387 g/mol. The first-order chi connectivity index (χ1) is 12.9. The Kier molecular flexibility index (Phi) is 7.57. The fourth-order valence-electron chi connectivity index (χ4n) is 1.88. The summed E-state index contributed by atoms with van der Waals surface area (Å²) in [6, 6.07) is 10.1. The number of hydrogen-bond acceptors (Lipinski definition) is 5. The lowest BCUT2D eigenvalue weighted by molar-refractivity contribution is -0.115. The third-order valence-corrected chi connectivity index (χ3v) is 3.37. The summed E-state index contributed by atoms with van der Waals surface area (Å²) in [5.41, 5.74) is 5.31. The van der Waals surface area contributed by atoms with Gasteiger partial charge in [-0.1, -0.05) is 13.8 Å². The predicted octanol–water partition coefficient (Wildman–Crippen LogP) is 2.66. The van der Waals surface area contributed by atoms with Gasteiger partial charge in [0.05, 0.1) is 12.9 Å². The van der Waals surface area contributed by atoms with Crippen molar-refractivity contribution in [3.05, 3.63) is 60.1 Å². The number of thiocarbonyl (C=S) groups is 1. The van der Waals surface area contributed by atoms with E-state index < -0.39 is 11.8 Å². The largest absolute Gasteiger partial charge is 0.493 e. The van der Waals surface area contributed by atoms with E-state index in [0.29, 0.717) is 29.6 Å². The Morgan fingerprint density at radius 2 is 1.93 bits per heavy atom. The molecule has 0 aliphatic heterocycles. The number of carbonyl (C=O) groups is 2. The van der Waals surface area contributed by atoms with E-state index in [-0.39, 0.29) is 5.11 Å². The van der Waals surface area contributed by atoms with Crippen LogP contribution >= 0.6 is 12.2 Å².